The van der Waals surface area contributed by atoms with Gasteiger partial charge in [-0.3, -0.25) is 24.0 Å². The van der Waals surface area contributed by atoms with E-state index in [1.54, 1.807) is 0 Å². The molecule has 2 unspecified atom stereocenters. The van der Waals surface area contributed by atoms with Crippen molar-refractivity contribution in [2.75, 3.05) is 37.0 Å². The Labute approximate surface area is 208 Å². The molecular formula is C26H31N3O7. The molecule has 0 spiro atoms. The second-order valence-electron chi connectivity index (χ2n) is 10.8. The lowest BCUT2D eigenvalue weighted by molar-refractivity contribution is -0.175. The summed E-state index contributed by atoms with van der Waals surface area (Å²) in [5.74, 6) is -9.84. The van der Waals surface area contributed by atoms with Crippen LogP contribution in [0.25, 0.3) is 0 Å². The van der Waals surface area contributed by atoms with Gasteiger partial charge in [0.1, 0.15) is 5.75 Å². The fourth-order valence-electron chi connectivity index (χ4n) is 6.78. The van der Waals surface area contributed by atoms with Gasteiger partial charge in [-0.1, -0.05) is 0 Å². The van der Waals surface area contributed by atoms with E-state index in [-0.39, 0.29) is 30.6 Å². The molecule has 1 saturated heterocycles. The van der Waals surface area contributed by atoms with Crippen LogP contribution in [0.15, 0.2) is 6.07 Å². The van der Waals surface area contributed by atoms with Gasteiger partial charge in [0, 0.05) is 45.2 Å². The Morgan fingerprint density at radius 1 is 1.08 bits per heavy atom. The zero-order valence-electron chi connectivity index (χ0n) is 20.5. The number of rotatable bonds is 3. The van der Waals surface area contributed by atoms with E-state index >= 15 is 0 Å². The number of amides is 1. The molecule has 5 rings (SSSR count). The number of primary amides is 1. The Kier molecular flexibility index (Phi) is 5.70. The highest BCUT2D eigenvalue weighted by molar-refractivity contribution is 6.31. The topological polar surface area (TPSA) is 158 Å². The third-order valence-electron chi connectivity index (χ3n) is 8.54. The number of hydrogen-bond donors (Lipinski definition) is 3. The molecule has 0 bridgehead atoms. The summed E-state index contributed by atoms with van der Waals surface area (Å²) in [7, 11) is 3.69. The van der Waals surface area contributed by atoms with E-state index in [4.69, 9.17) is 5.73 Å². The maximum absolute atomic E-state index is 13.9. The monoisotopic (exact) mass is 497 g/mol. The molecule has 4 N–H and O–H groups in total. The number of carbonyl (C=O) groups is 5. The summed E-state index contributed by atoms with van der Waals surface area (Å²) in [4.78, 5) is 68.8. The Balaban J connectivity index is 1.62. The van der Waals surface area contributed by atoms with Crippen LogP contribution in [0.1, 0.15) is 48.0 Å². The number of Topliss-reactive ketones (excluding diaryl/α,β-unsaturated/α-hetero) is 4. The standard InChI is InChI=1S/C26H31N3O7/c1-28(2)15-11-16(29-6-4-3-5-7-29)21(31)19-14(15)9-12-8-13-10-17(30)20(25(27)35)24(34)26(13,36)23(33)18(12)22(19)32/h11-13,18,20,31,36H,3-10H2,1-2H3,(H2,27,35)/t12-,13+,18?,20?,26+/m1/s1. The van der Waals surface area contributed by atoms with E-state index in [9.17, 15) is 34.2 Å². The van der Waals surface area contributed by atoms with Crippen LogP contribution in [0.3, 0.4) is 0 Å². The third-order valence-corrected chi connectivity index (χ3v) is 8.54. The SMILES string of the molecule is CN(C)c1cc(N2CCCCC2)c(O)c2c1C[C@H]1C[C@H]3CC(=O)C(C(N)=O)C(=O)[C@@]3(O)C(=O)C1C2=O. The van der Waals surface area contributed by atoms with E-state index in [2.05, 4.69) is 0 Å². The number of aromatic hydroxyl groups is 1. The first-order valence-electron chi connectivity index (χ1n) is 12.5. The largest absolute Gasteiger partial charge is 0.505 e. The summed E-state index contributed by atoms with van der Waals surface area (Å²) < 4.78 is 0. The molecule has 0 aromatic heterocycles. The second-order valence-corrected chi connectivity index (χ2v) is 10.8. The Morgan fingerprint density at radius 3 is 2.36 bits per heavy atom. The third kappa shape index (κ3) is 3.30. The summed E-state index contributed by atoms with van der Waals surface area (Å²) in [6, 6.07) is 1.87. The summed E-state index contributed by atoms with van der Waals surface area (Å²) >= 11 is 0. The van der Waals surface area contributed by atoms with Gasteiger partial charge in [-0.05, 0) is 49.7 Å². The summed E-state index contributed by atoms with van der Waals surface area (Å²) in [5.41, 5.74) is 4.55. The fourth-order valence-corrected chi connectivity index (χ4v) is 6.78. The molecule has 0 radical (unpaired) electrons. The van der Waals surface area contributed by atoms with Gasteiger partial charge >= 0.3 is 0 Å². The van der Waals surface area contributed by atoms with E-state index in [1.165, 1.54) is 0 Å². The molecule has 5 atom stereocenters. The van der Waals surface area contributed by atoms with Crippen LogP contribution in [0.5, 0.6) is 5.75 Å². The van der Waals surface area contributed by atoms with Crippen molar-refractivity contribution in [2.24, 2.45) is 29.4 Å². The minimum Gasteiger partial charge on any atom is -0.505 e. The molecule has 2 saturated carbocycles. The molecule has 1 amide bonds. The molecule has 3 aliphatic carbocycles. The van der Waals surface area contributed by atoms with Crippen LogP contribution >= 0.6 is 0 Å². The minimum absolute atomic E-state index is 0.0456. The number of piperidine rings is 1. The van der Waals surface area contributed by atoms with Crippen molar-refractivity contribution in [1.29, 1.82) is 0 Å². The van der Waals surface area contributed by atoms with Crippen LogP contribution in [0, 0.1) is 23.7 Å². The van der Waals surface area contributed by atoms with Crippen LogP contribution < -0.4 is 15.5 Å². The zero-order chi connectivity index (χ0) is 26.1. The number of nitrogens with two attached hydrogens (primary N) is 1. The average molecular weight is 498 g/mol. The number of phenols is 1. The van der Waals surface area contributed by atoms with Crippen molar-refractivity contribution in [3.05, 3.63) is 17.2 Å². The predicted octanol–water partition coefficient (Wildman–Crippen LogP) is 0.383. The summed E-state index contributed by atoms with van der Waals surface area (Å²) in [5, 5.41) is 22.7. The summed E-state index contributed by atoms with van der Waals surface area (Å²) in [6.45, 7) is 1.47. The molecular weight excluding hydrogens is 466 g/mol. The number of nitrogens with zero attached hydrogens (tertiary/aromatic N) is 2. The van der Waals surface area contributed by atoms with Crippen molar-refractivity contribution in [1.82, 2.24) is 0 Å². The molecule has 10 nitrogen and oxygen atoms in total. The normalized spacial score (nSPS) is 32.0. The molecule has 1 aromatic rings. The number of aliphatic hydroxyl groups is 1. The van der Waals surface area contributed by atoms with Gasteiger partial charge in [-0.2, -0.15) is 0 Å². The number of phenolic OH excluding ortho intramolecular Hbond substituents is 1. The van der Waals surface area contributed by atoms with Crippen molar-refractivity contribution in [2.45, 2.75) is 44.1 Å². The van der Waals surface area contributed by atoms with Gasteiger partial charge in [0.2, 0.25) is 5.91 Å². The maximum atomic E-state index is 13.9. The quantitative estimate of drug-likeness (QED) is 0.502. The molecule has 3 fully saturated rings. The van der Waals surface area contributed by atoms with Crippen LogP contribution in [-0.4, -0.2) is 72.0 Å². The number of benzene rings is 1. The van der Waals surface area contributed by atoms with Crippen LogP contribution in [0.2, 0.25) is 0 Å². The first kappa shape index (κ1) is 24.4. The Bertz CT molecular complexity index is 1200. The van der Waals surface area contributed by atoms with Gasteiger partial charge in [-0.25, -0.2) is 0 Å². The van der Waals surface area contributed by atoms with Gasteiger partial charge in [0.15, 0.2) is 34.7 Å². The molecule has 36 heavy (non-hydrogen) atoms. The molecule has 192 valence electrons. The van der Waals surface area contributed by atoms with E-state index in [1.807, 2.05) is 30.0 Å². The number of anilines is 2. The van der Waals surface area contributed by atoms with Crippen molar-refractivity contribution in [3.63, 3.8) is 0 Å². The van der Waals surface area contributed by atoms with Gasteiger partial charge in [-0.15, -0.1) is 0 Å². The summed E-state index contributed by atoms with van der Waals surface area (Å²) in [6.07, 6.45) is 3.02. The van der Waals surface area contributed by atoms with E-state index in [0.717, 1.165) is 38.0 Å². The Morgan fingerprint density at radius 2 is 1.75 bits per heavy atom. The highest BCUT2D eigenvalue weighted by Crippen LogP contribution is 2.52. The maximum Gasteiger partial charge on any atom is 0.235 e. The highest BCUT2D eigenvalue weighted by atomic mass is 16.3. The molecule has 1 aliphatic heterocycles. The van der Waals surface area contributed by atoms with Crippen molar-refractivity contribution >= 4 is 40.4 Å². The Hall–Kier alpha value is -3.27. The first-order valence-corrected chi connectivity index (χ1v) is 12.5. The zero-order valence-corrected chi connectivity index (χ0v) is 20.5. The lowest BCUT2D eigenvalue weighted by Crippen LogP contribution is -2.68. The van der Waals surface area contributed by atoms with E-state index < -0.39 is 58.3 Å². The number of ketones is 4. The average Bonchev–Trinajstić information content (AvgIpc) is 2.81. The molecule has 4 aliphatic rings. The van der Waals surface area contributed by atoms with E-state index in [0.29, 0.717) is 11.3 Å². The minimum atomic E-state index is -2.63. The smallest absolute Gasteiger partial charge is 0.235 e. The van der Waals surface area contributed by atoms with Crippen LogP contribution in [0.4, 0.5) is 11.4 Å². The molecule has 10 heteroatoms. The number of carbonyl (C=O) groups excluding carboxylic acids is 5. The fraction of sp³-hybridized carbons (Fsp3) is 0.577. The number of fused-ring (bicyclic) bond motifs is 3. The molecule has 1 aromatic carbocycles. The predicted molar refractivity (Wildman–Crippen MR) is 129 cm³/mol. The van der Waals surface area contributed by atoms with Crippen molar-refractivity contribution in [3.8, 4) is 5.75 Å². The van der Waals surface area contributed by atoms with Crippen molar-refractivity contribution < 1.29 is 34.2 Å². The van der Waals surface area contributed by atoms with Gasteiger partial charge < -0.3 is 25.7 Å². The molecule has 1 heterocycles. The highest BCUT2D eigenvalue weighted by Gasteiger charge is 2.66. The first-order chi connectivity index (χ1) is 17.0. The van der Waals surface area contributed by atoms with Gasteiger partial charge in [0.25, 0.3) is 0 Å². The lowest BCUT2D eigenvalue weighted by atomic mass is 9.53. The number of hydrogen-bond acceptors (Lipinski definition) is 9. The van der Waals surface area contributed by atoms with Crippen LogP contribution in [-0.2, 0) is 25.6 Å². The lowest BCUT2D eigenvalue weighted by Gasteiger charge is -2.49. The second kappa shape index (κ2) is 8.40. The van der Waals surface area contributed by atoms with Gasteiger partial charge in [0.05, 0.1) is 17.2 Å².